The summed E-state index contributed by atoms with van der Waals surface area (Å²) in [5.74, 6) is -0.0396. The number of benzene rings is 1. The molecule has 1 aliphatic rings. The standard InChI is InChI=1S/C34H42ClN5O4/c1-18-15-22(33(3,4)5)27(23(16-18)34(6,7)8)44-32(43)26-25(20-9-11-21(35)12-10-20)30(39-14-13-37-17-39)40-29(26)38-28(36)24(19(2)41)31(40)42/h9-14,17-18,22-23,27,41H,15-16H2,1-8H3,(H2,36,38). The number of nitrogens with two attached hydrogens (primary N) is 1. The Kier molecular flexibility index (Phi) is 8.08. The molecule has 9 nitrogen and oxygen atoms in total. The van der Waals surface area contributed by atoms with Crippen LogP contribution in [0.4, 0.5) is 5.82 Å². The van der Waals surface area contributed by atoms with Crippen molar-refractivity contribution in [2.75, 3.05) is 5.73 Å². The Labute approximate surface area is 262 Å². The van der Waals surface area contributed by atoms with E-state index in [0.29, 0.717) is 27.9 Å². The van der Waals surface area contributed by atoms with Crippen LogP contribution in [0.15, 0.2) is 47.8 Å². The Morgan fingerprint density at radius 1 is 1.07 bits per heavy atom. The summed E-state index contributed by atoms with van der Waals surface area (Å²) in [6, 6.07) is 7.00. The van der Waals surface area contributed by atoms with E-state index in [9.17, 15) is 14.7 Å². The van der Waals surface area contributed by atoms with Crippen LogP contribution < -0.4 is 16.5 Å². The van der Waals surface area contributed by atoms with Crippen molar-refractivity contribution in [3.63, 3.8) is 0 Å². The van der Waals surface area contributed by atoms with Crippen molar-refractivity contribution in [3.05, 3.63) is 69.1 Å². The van der Waals surface area contributed by atoms with Gasteiger partial charge in [-0.2, -0.15) is 0 Å². The molecule has 234 valence electrons. The molecule has 0 radical (unpaired) electrons. The molecule has 3 heterocycles. The Morgan fingerprint density at radius 2 is 1.66 bits per heavy atom. The van der Waals surface area contributed by atoms with Gasteiger partial charge in [-0.25, -0.2) is 19.2 Å². The van der Waals surface area contributed by atoms with Crippen LogP contribution in [0, 0.1) is 28.6 Å². The highest BCUT2D eigenvalue weighted by Gasteiger charge is 2.48. The van der Waals surface area contributed by atoms with Gasteiger partial charge in [0.2, 0.25) is 0 Å². The van der Waals surface area contributed by atoms with E-state index < -0.39 is 11.5 Å². The number of nitrogen functional groups attached to an aromatic ring is 1. The second kappa shape index (κ2) is 11.3. The smallest absolute Gasteiger partial charge is 0.343 e. The number of anilines is 1. The molecule has 10 heteroatoms. The molecule has 3 N–H and O–H groups in total. The van der Waals surface area contributed by atoms with Gasteiger partial charge in [0.1, 0.15) is 40.6 Å². The number of fused-ring (bicyclic) bond motifs is 1. The first-order valence-electron chi connectivity index (χ1n) is 15.0. The average Bonchev–Trinajstić information content (AvgIpc) is 3.55. The van der Waals surface area contributed by atoms with Gasteiger partial charge in [-0.3, -0.25) is 9.36 Å². The largest absolute Gasteiger partial charge is 0.512 e. The molecule has 0 saturated heterocycles. The number of aliphatic hydroxyl groups excluding tert-OH is 1. The van der Waals surface area contributed by atoms with Gasteiger partial charge >= 0.3 is 5.97 Å². The van der Waals surface area contributed by atoms with Crippen LogP contribution in [0.1, 0.15) is 78.6 Å². The number of carbonyl (C=O) groups excluding carboxylic acids is 1. The molecule has 0 bridgehead atoms. The molecule has 0 spiro atoms. The van der Waals surface area contributed by atoms with Crippen molar-refractivity contribution < 1.29 is 14.6 Å². The molecule has 5 rings (SSSR count). The van der Waals surface area contributed by atoms with Gasteiger partial charge in [-0.15, -0.1) is 0 Å². The van der Waals surface area contributed by atoms with Crippen LogP contribution >= 0.6 is 11.6 Å². The average molecular weight is 620 g/mol. The molecule has 2 atom stereocenters. The van der Waals surface area contributed by atoms with E-state index in [0.717, 1.165) is 12.8 Å². The Bertz CT molecular complexity index is 1790. The minimum absolute atomic E-state index is 0.0416. The number of aliphatic hydroxyl groups is 1. The summed E-state index contributed by atoms with van der Waals surface area (Å²) < 4.78 is 9.59. The van der Waals surface area contributed by atoms with E-state index in [1.165, 1.54) is 17.7 Å². The number of carbonyl (C=O) groups is 1. The van der Waals surface area contributed by atoms with Gasteiger partial charge in [0, 0.05) is 34.8 Å². The molecule has 1 aromatic carbocycles. The molecule has 3 aromatic heterocycles. The quantitative estimate of drug-likeness (QED) is 0.251. The highest BCUT2D eigenvalue weighted by atomic mass is 35.5. The highest BCUT2D eigenvalue weighted by Crippen LogP contribution is 2.50. The molecule has 44 heavy (non-hydrogen) atoms. The summed E-state index contributed by atoms with van der Waals surface area (Å²) in [6.07, 6.45) is 6.27. The van der Waals surface area contributed by atoms with Crippen molar-refractivity contribution in [1.82, 2.24) is 18.9 Å². The SMILES string of the molecule is CC(O)=c1c(N)nc2c(C(=O)OC3C(C(C)(C)C)CC(C)CC3C(C)(C)C)c(-c3ccc(Cl)cc3)c(-n3ccnc3)n2c1=O. The summed E-state index contributed by atoms with van der Waals surface area (Å²) in [4.78, 5) is 37.5. The van der Waals surface area contributed by atoms with Gasteiger partial charge in [0.25, 0.3) is 5.56 Å². The van der Waals surface area contributed by atoms with Crippen LogP contribution in [0.2, 0.25) is 5.02 Å². The molecule has 1 aliphatic carbocycles. The third-order valence-corrected chi connectivity index (χ3v) is 9.29. The second-order valence-electron chi connectivity index (χ2n) is 14.4. The Morgan fingerprint density at radius 3 is 2.16 bits per heavy atom. The zero-order valence-electron chi connectivity index (χ0n) is 26.7. The number of hydrogen-bond acceptors (Lipinski definition) is 7. The number of rotatable bonds is 4. The van der Waals surface area contributed by atoms with Crippen molar-refractivity contribution in [2.45, 2.75) is 74.3 Å². The fourth-order valence-corrected chi connectivity index (χ4v) is 6.97. The third kappa shape index (κ3) is 5.58. The molecule has 0 aliphatic heterocycles. The maximum atomic E-state index is 14.7. The van der Waals surface area contributed by atoms with Gasteiger partial charge in [0.15, 0.2) is 5.65 Å². The zero-order chi connectivity index (χ0) is 32.3. The first kappa shape index (κ1) is 31.6. The number of aromatic nitrogens is 4. The summed E-state index contributed by atoms with van der Waals surface area (Å²) >= 11 is 6.26. The molecular weight excluding hydrogens is 578 g/mol. The number of halogens is 1. The van der Waals surface area contributed by atoms with Crippen LogP contribution in [0.3, 0.4) is 0 Å². The van der Waals surface area contributed by atoms with Crippen LogP contribution in [0.25, 0.3) is 28.4 Å². The predicted octanol–water partition coefficient (Wildman–Crippen LogP) is 6.47. The molecule has 4 aromatic rings. The fourth-order valence-electron chi connectivity index (χ4n) is 6.84. The fraction of sp³-hybridized carbons (Fsp3) is 0.471. The van der Waals surface area contributed by atoms with Crippen LogP contribution in [-0.4, -0.2) is 36.1 Å². The van der Waals surface area contributed by atoms with Crippen molar-refractivity contribution in [1.29, 1.82) is 0 Å². The second-order valence-corrected chi connectivity index (χ2v) is 14.8. The maximum Gasteiger partial charge on any atom is 0.343 e. The minimum atomic E-state index is -0.614. The maximum absolute atomic E-state index is 14.7. The lowest BCUT2D eigenvalue weighted by molar-refractivity contribution is -0.0922. The summed E-state index contributed by atoms with van der Waals surface area (Å²) in [6.45, 7) is 16.8. The predicted molar refractivity (Wildman–Crippen MR) is 174 cm³/mol. The molecular formula is C34H42ClN5O4. The summed E-state index contributed by atoms with van der Waals surface area (Å²) in [5, 5.41) is 10.8. The molecule has 2 unspecified atom stereocenters. The van der Waals surface area contributed by atoms with Crippen molar-refractivity contribution in [2.24, 2.45) is 28.6 Å². The van der Waals surface area contributed by atoms with Crippen LogP contribution in [0.5, 0.6) is 0 Å². The number of esters is 1. The van der Waals surface area contributed by atoms with Crippen molar-refractivity contribution >= 4 is 34.8 Å². The molecule has 1 fully saturated rings. The van der Waals surface area contributed by atoms with E-state index in [-0.39, 0.29) is 56.8 Å². The lowest BCUT2D eigenvalue weighted by Crippen LogP contribution is -2.49. The van der Waals surface area contributed by atoms with E-state index in [2.05, 4.69) is 58.4 Å². The van der Waals surface area contributed by atoms with Gasteiger partial charge < -0.3 is 15.6 Å². The third-order valence-electron chi connectivity index (χ3n) is 9.04. The van der Waals surface area contributed by atoms with Gasteiger partial charge in [0.05, 0.1) is 0 Å². The first-order valence-corrected chi connectivity index (χ1v) is 15.4. The van der Waals surface area contributed by atoms with Crippen molar-refractivity contribution in [3.8, 4) is 16.9 Å². The topological polar surface area (TPSA) is 125 Å². The summed E-state index contributed by atoms with van der Waals surface area (Å²) in [5.41, 5.74) is 6.59. The number of imidazole rings is 1. The van der Waals surface area contributed by atoms with Crippen LogP contribution in [-0.2, 0) is 4.74 Å². The molecule has 1 saturated carbocycles. The molecule has 0 amide bonds. The minimum Gasteiger partial charge on any atom is -0.512 e. The Hall–Kier alpha value is -3.85. The van der Waals surface area contributed by atoms with Gasteiger partial charge in [-0.05, 0) is 54.2 Å². The van der Waals surface area contributed by atoms with E-state index >= 15 is 0 Å². The number of ether oxygens (including phenoxy) is 1. The number of hydrogen-bond donors (Lipinski definition) is 2. The van der Waals surface area contributed by atoms with Gasteiger partial charge in [-0.1, -0.05) is 72.2 Å². The first-order chi connectivity index (χ1) is 20.5. The van der Waals surface area contributed by atoms with E-state index in [1.807, 2.05) is 0 Å². The lowest BCUT2D eigenvalue weighted by Gasteiger charge is -2.50. The van der Waals surface area contributed by atoms with E-state index in [4.69, 9.17) is 22.1 Å². The highest BCUT2D eigenvalue weighted by molar-refractivity contribution is 6.30. The Balaban J connectivity index is 1.84. The number of nitrogens with zero attached hydrogens (tertiary/aromatic N) is 4. The zero-order valence-corrected chi connectivity index (χ0v) is 27.4. The van der Waals surface area contributed by atoms with E-state index in [1.54, 1.807) is 41.2 Å². The normalized spacial score (nSPS) is 21.8. The lowest BCUT2D eigenvalue weighted by atomic mass is 9.59. The summed E-state index contributed by atoms with van der Waals surface area (Å²) in [7, 11) is 0. The monoisotopic (exact) mass is 619 g/mol.